The van der Waals surface area contributed by atoms with Gasteiger partial charge in [0, 0.05) is 7.05 Å². The molecule has 0 spiro atoms. The van der Waals surface area contributed by atoms with Crippen LogP contribution < -0.4 is 11.1 Å². The molecule has 0 aliphatic heterocycles. The van der Waals surface area contributed by atoms with Gasteiger partial charge in [0.2, 0.25) is 11.8 Å². The van der Waals surface area contributed by atoms with Gasteiger partial charge in [-0.1, -0.05) is 60.7 Å². The third-order valence-electron chi connectivity index (χ3n) is 3.94. The predicted molar refractivity (Wildman–Crippen MR) is 101 cm³/mol. The average Bonchev–Trinajstić information content (AvgIpc) is 2.64. The zero-order chi connectivity index (χ0) is 17.4. The molecule has 2 amide bonds. The van der Waals surface area contributed by atoms with Crippen molar-refractivity contribution in [2.24, 2.45) is 5.73 Å². The minimum absolute atomic E-state index is 0. The van der Waals surface area contributed by atoms with Crippen molar-refractivity contribution in [3.05, 3.63) is 71.8 Å². The minimum Gasteiger partial charge on any atom is -0.346 e. The highest BCUT2D eigenvalue weighted by Crippen LogP contribution is 2.24. The van der Waals surface area contributed by atoms with E-state index in [0.717, 1.165) is 11.1 Å². The first kappa shape index (κ1) is 20.7. The fourth-order valence-electron chi connectivity index (χ4n) is 2.54. The van der Waals surface area contributed by atoms with Gasteiger partial charge < -0.3 is 16.0 Å². The number of carbonyl (C=O) groups excluding carboxylic acids is 2. The summed E-state index contributed by atoms with van der Waals surface area (Å²) in [6.07, 6.45) is 0.706. The van der Waals surface area contributed by atoms with Crippen molar-refractivity contribution >= 4 is 24.2 Å². The molecule has 2 rings (SSSR count). The quantitative estimate of drug-likeness (QED) is 0.791. The summed E-state index contributed by atoms with van der Waals surface area (Å²) < 4.78 is 0. The first-order chi connectivity index (χ1) is 11.6. The maximum Gasteiger partial charge on any atom is 0.242 e. The number of rotatable bonds is 7. The van der Waals surface area contributed by atoms with Crippen molar-refractivity contribution in [3.63, 3.8) is 0 Å². The van der Waals surface area contributed by atoms with Crippen LogP contribution in [0.25, 0.3) is 0 Å². The molecule has 2 aromatic carbocycles. The first-order valence-corrected chi connectivity index (χ1v) is 7.93. The smallest absolute Gasteiger partial charge is 0.242 e. The second kappa shape index (κ2) is 10.5. The molecular formula is C19H24ClN3O2. The summed E-state index contributed by atoms with van der Waals surface area (Å²) in [5, 5.41) is 2.53. The summed E-state index contributed by atoms with van der Waals surface area (Å²) >= 11 is 0. The summed E-state index contributed by atoms with van der Waals surface area (Å²) in [6.45, 7) is -0.173. The highest BCUT2D eigenvalue weighted by Gasteiger charge is 2.22. The van der Waals surface area contributed by atoms with Gasteiger partial charge >= 0.3 is 0 Å². The Bertz CT molecular complexity index is 665. The fraction of sp³-hybridized carbons (Fsp3) is 0.263. The largest absolute Gasteiger partial charge is 0.346 e. The molecule has 1 atom stereocenters. The van der Waals surface area contributed by atoms with E-state index in [1.54, 1.807) is 11.9 Å². The molecule has 0 aromatic heterocycles. The number of carbonyl (C=O) groups is 2. The van der Waals surface area contributed by atoms with E-state index in [-0.39, 0.29) is 43.4 Å². The lowest BCUT2D eigenvalue weighted by atomic mass is 9.97. The Kier molecular flexibility index (Phi) is 8.67. The monoisotopic (exact) mass is 361 g/mol. The van der Waals surface area contributed by atoms with E-state index in [2.05, 4.69) is 5.32 Å². The molecule has 0 fully saturated rings. The van der Waals surface area contributed by atoms with Crippen molar-refractivity contribution < 1.29 is 9.59 Å². The molecule has 0 saturated carbocycles. The lowest BCUT2D eigenvalue weighted by Crippen LogP contribution is -2.42. The van der Waals surface area contributed by atoms with E-state index < -0.39 is 0 Å². The number of hydrogen-bond acceptors (Lipinski definition) is 3. The number of benzene rings is 2. The van der Waals surface area contributed by atoms with E-state index in [1.165, 1.54) is 0 Å². The average molecular weight is 362 g/mol. The molecule has 0 heterocycles. The van der Waals surface area contributed by atoms with Crippen LogP contribution in [0.2, 0.25) is 0 Å². The third-order valence-corrected chi connectivity index (χ3v) is 3.94. The standard InChI is InChI=1S/C19H23N3O2.ClH/c1-22(19(24)14-21-18(23)13-20)17(16-10-6-3-7-11-16)12-15-8-4-2-5-9-15;/h2-11,17H,12-14,20H2,1H3,(H,21,23);1H. The van der Waals surface area contributed by atoms with Crippen LogP contribution in [-0.2, 0) is 16.0 Å². The van der Waals surface area contributed by atoms with Gasteiger partial charge in [-0.15, -0.1) is 12.4 Å². The summed E-state index contributed by atoms with van der Waals surface area (Å²) in [5.74, 6) is -0.488. The number of nitrogens with zero attached hydrogens (tertiary/aromatic N) is 1. The zero-order valence-corrected chi connectivity index (χ0v) is 15.0. The predicted octanol–water partition coefficient (Wildman–Crippen LogP) is 1.93. The molecule has 0 aliphatic carbocycles. The van der Waals surface area contributed by atoms with Gasteiger partial charge in [-0.2, -0.15) is 0 Å². The number of hydrogen-bond donors (Lipinski definition) is 2. The SMILES string of the molecule is CN(C(=O)CNC(=O)CN)C(Cc1ccccc1)c1ccccc1.Cl. The van der Waals surface area contributed by atoms with Crippen LogP contribution in [0.1, 0.15) is 17.2 Å². The maximum absolute atomic E-state index is 12.4. The van der Waals surface area contributed by atoms with Crippen LogP contribution in [0.3, 0.4) is 0 Å². The normalized spacial score (nSPS) is 11.1. The van der Waals surface area contributed by atoms with E-state index in [4.69, 9.17) is 5.73 Å². The molecule has 1 unspecified atom stereocenters. The summed E-state index contributed by atoms with van der Waals surface area (Å²) in [5.41, 5.74) is 7.46. The van der Waals surface area contributed by atoms with E-state index in [0.29, 0.717) is 6.42 Å². The molecule has 134 valence electrons. The van der Waals surface area contributed by atoms with E-state index >= 15 is 0 Å². The van der Waals surface area contributed by atoms with Crippen molar-refractivity contribution in [2.75, 3.05) is 20.1 Å². The highest BCUT2D eigenvalue weighted by atomic mass is 35.5. The van der Waals surface area contributed by atoms with Gasteiger partial charge in [-0.25, -0.2) is 0 Å². The molecule has 0 bridgehead atoms. The van der Waals surface area contributed by atoms with Crippen LogP contribution >= 0.6 is 12.4 Å². The van der Waals surface area contributed by atoms with Crippen molar-refractivity contribution in [1.82, 2.24) is 10.2 Å². The minimum atomic E-state index is -0.337. The molecule has 0 radical (unpaired) electrons. The highest BCUT2D eigenvalue weighted by molar-refractivity contribution is 5.86. The Labute approximate surface area is 154 Å². The Hall–Kier alpha value is -2.37. The van der Waals surface area contributed by atoms with E-state index in [9.17, 15) is 9.59 Å². The zero-order valence-electron chi connectivity index (χ0n) is 14.2. The lowest BCUT2D eigenvalue weighted by Gasteiger charge is -2.29. The van der Waals surface area contributed by atoms with Gasteiger partial charge in [0.05, 0.1) is 19.1 Å². The third kappa shape index (κ3) is 6.21. The maximum atomic E-state index is 12.4. The van der Waals surface area contributed by atoms with Crippen LogP contribution in [0.4, 0.5) is 0 Å². The Morgan fingerprint density at radius 2 is 1.60 bits per heavy atom. The number of amides is 2. The van der Waals surface area contributed by atoms with Crippen LogP contribution in [0.15, 0.2) is 60.7 Å². The Morgan fingerprint density at radius 1 is 1.04 bits per heavy atom. The van der Waals surface area contributed by atoms with Crippen LogP contribution in [0.5, 0.6) is 0 Å². The van der Waals surface area contributed by atoms with Crippen LogP contribution in [-0.4, -0.2) is 36.9 Å². The van der Waals surface area contributed by atoms with Crippen molar-refractivity contribution in [3.8, 4) is 0 Å². The molecule has 5 nitrogen and oxygen atoms in total. The van der Waals surface area contributed by atoms with Gasteiger partial charge in [0.25, 0.3) is 0 Å². The second-order valence-corrected chi connectivity index (χ2v) is 5.60. The topological polar surface area (TPSA) is 75.4 Å². The number of nitrogens with two attached hydrogens (primary N) is 1. The molecule has 6 heteroatoms. The van der Waals surface area contributed by atoms with E-state index in [1.807, 2.05) is 60.7 Å². The molecule has 0 saturated heterocycles. The molecule has 25 heavy (non-hydrogen) atoms. The van der Waals surface area contributed by atoms with Gasteiger partial charge in [0.15, 0.2) is 0 Å². The summed E-state index contributed by atoms with van der Waals surface area (Å²) in [7, 11) is 1.76. The lowest BCUT2D eigenvalue weighted by molar-refractivity contribution is -0.133. The molecule has 2 aromatic rings. The Morgan fingerprint density at radius 3 is 2.16 bits per heavy atom. The van der Waals surface area contributed by atoms with Gasteiger partial charge in [0.1, 0.15) is 0 Å². The second-order valence-electron chi connectivity index (χ2n) is 5.60. The number of likely N-dealkylation sites (N-methyl/N-ethyl adjacent to an activating group) is 1. The van der Waals surface area contributed by atoms with Crippen LogP contribution in [0, 0.1) is 0 Å². The molecular weight excluding hydrogens is 338 g/mol. The molecule has 3 N–H and O–H groups in total. The number of halogens is 1. The van der Waals surface area contributed by atoms with Gasteiger partial charge in [-0.3, -0.25) is 9.59 Å². The van der Waals surface area contributed by atoms with Crippen molar-refractivity contribution in [2.45, 2.75) is 12.5 Å². The first-order valence-electron chi connectivity index (χ1n) is 7.93. The molecule has 0 aliphatic rings. The fourth-order valence-corrected chi connectivity index (χ4v) is 2.54. The van der Waals surface area contributed by atoms with Crippen molar-refractivity contribution in [1.29, 1.82) is 0 Å². The number of nitrogens with one attached hydrogen (secondary N) is 1. The Balaban J connectivity index is 0.00000312. The van der Waals surface area contributed by atoms with Gasteiger partial charge in [-0.05, 0) is 17.5 Å². The summed E-state index contributed by atoms with van der Waals surface area (Å²) in [6, 6.07) is 19.8. The summed E-state index contributed by atoms with van der Waals surface area (Å²) in [4.78, 5) is 25.4.